The summed E-state index contributed by atoms with van der Waals surface area (Å²) in [5.74, 6) is -1.00. The Morgan fingerprint density at radius 2 is 2.04 bits per heavy atom. The molecule has 0 spiro atoms. The van der Waals surface area contributed by atoms with Gasteiger partial charge in [-0.15, -0.1) is 11.3 Å². The summed E-state index contributed by atoms with van der Waals surface area (Å²) in [5.41, 5.74) is 0.782. The van der Waals surface area contributed by atoms with Gasteiger partial charge in [0.2, 0.25) is 5.91 Å². The zero-order valence-corrected chi connectivity index (χ0v) is 16.6. The summed E-state index contributed by atoms with van der Waals surface area (Å²) in [6, 6.07) is 0.366. The van der Waals surface area contributed by atoms with Crippen molar-refractivity contribution in [1.29, 1.82) is 0 Å². The second-order valence-electron chi connectivity index (χ2n) is 6.42. The molecular weight excluding hydrogens is 354 g/mol. The molecule has 1 aliphatic heterocycles. The average molecular weight is 381 g/mol. The number of ether oxygens (including phenoxy) is 1. The maximum absolute atomic E-state index is 12.5. The van der Waals surface area contributed by atoms with Crippen molar-refractivity contribution in [3.8, 4) is 0 Å². The molecule has 0 aromatic carbocycles. The predicted molar refractivity (Wildman–Crippen MR) is 102 cm³/mol. The Bertz CT molecular complexity index is 686. The second kappa shape index (κ2) is 9.14. The molecule has 0 bridgehead atoms. The monoisotopic (exact) mass is 381 g/mol. The summed E-state index contributed by atoms with van der Waals surface area (Å²) in [5, 5.41) is 5.74. The van der Waals surface area contributed by atoms with Crippen LogP contribution in [0.5, 0.6) is 0 Å². The van der Waals surface area contributed by atoms with Crippen LogP contribution in [0.3, 0.4) is 0 Å². The van der Waals surface area contributed by atoms with Gasteiger partial charge >= 0.3 is 5.97 Å². The fraction of sp³-hybridized carbons (Fsp3) is 0.611. The fourth-order valence-corrected chi connectivity index (χ4v) is 4.28. The van der Waals surface area contributed by atoms with Gasteiger partial charge in [0.05, 0.1) is 23.6 Å². The van der Waals surface area contributed by atoms with Crippen LogP contribution < -0.4 is 10.6 Å². The first-order valence-electron chi connectivity index (χ1n) is 8.95. The van der Waals surface area contributed by atoms with E-state index in [4.69, 9.17) is 4.74 Å². The van der Waals surface area contributed by atoms with Crippen LogP contribution in [-0.4, -0.2) is 55.5 Å². The Morgan fingerprint density at radius 1 is 1.31 bits per heavy atom. The maximum Gasteiger partial charge on any atom is 0.341 e. The van der Waals surface area contributed by atoms with Gasteiger partial charge in [-0.05, 0) is 45.7 Å². The molecule has 1 aromatic rings. The summed E-state index contributed by atoms with van der Waals surface area (Å²) in [6.45, 7) is 6.92. The number of hydrogen-bond donors (Lipinski definition) is 2. The van der Waals surface area contributed by atoms with Gasteiger partial charge < -0.3 is 15.4 Å². The number of anilines is 1. The molecule has 144 valence electrons. The number of likely N-dealkylation sites (tertiary alicyclic amines) is 1. The molecule has 26 heavy (non-hydrogen) atoms. The van der Waals surface area contributed by atoms with Gasteiger partial charge in [0.1, 0.15) is 5.00 Å². The lowest BCUT2D eigenvalue weighted by Crippen LogP contribution is -2.42. The molecule has 2 rings (SSSR count). The lowest BCUT2D eigenvalue weighted by atomic mass is 10.0. The van der Waals surface area contributed by atoms with Gasteiger partial charge in [-0.25, -0.2) is 4.79 Å². The standard InChI is InChI=1S/C18H27N3O4S/c1-5-25-18(24)14-12(3)15(16(23)19-4)26-17(14)20-13(22)10-21-9-7-6-8-11(21)2/h11H,5-10H2,1-4H3,(H,19,23)(H,20,22)/t11-/m0/s1. The van der Waals surface area contributed by atoms with Gasteiger partial charge in [0.15, 0.2) is 0 Å². The van der Waals surface area contributed by atoms with Gasteiger partial charge in [-0.3, -0.25) is 14.5 Å². The predicted octanol–water partition coefficient (Wildman–Crippen LogP) is 2.41. The second-order valence-corrected chi connectivity index (χ2v) is 7.44. The topological polar surface area (TPSA) is 87.7 Å². The van der Waals surface area contributed by atoms with E-state index in [1.807, 2.05) is 0 Å². The number of carbonyl (C=O) groups is 3. The van der Waals surface area contributed by atoms with Crippen LogP contribution in [0.1, 0.15) is 58.7 Å². The maximum atomic E-state index is 12.5. The van der Waals surface area contributed by atoms with Gasteiger partial charge in [-0.1, -0.05) is 6.42 Å². The highest BCUT2D eigenvalue weighted by molar-refractivity contribution is 7.18. The van der Waals surface area contributed by atoms with E-state index in [0.29, 0.717) is 21.5 Å². The van der Waals surface area contributed by atoms with E-state index in [2.05, 4.69) is 22.5 Å². The summed E-state index contributed by atoms with van der Waals surface area (Å²) in [4.78, 5) is 39.4. The van der Waals surface area contributed by atoms with E-state index in [9.17, 15) is 14.4 Å². The van der Waals surface area contributed by atoms with Crippen molar-refractivity contribution >= 4 is 34.1 Å². The molecule has 0 unspecified atom stereocenters. The third-order valence-corrected chi connectivity index (χ3v) is 5.81. The summed E-state index contributed by atoms with van der Waals surface area (Å²) in [6.07, 6.45) is 3.36. The van der Waals surface area contributed by atoms with Crippen molar-refractivity contribution in [1.82, 2.24) is 10.2 Å². The number of nitrogens with one attached hydrogen (secondary N) is 2. The quantitative estimate of drug-likeness (QED) is 0.739. The molecule has 0 radical (unpaired) electrons. The highest BCUT2D eigenvalue weighted by atomic mass is 32.1. The molecule has 1 saturated heterocycles. The van der Waals surface area contributed by atoms with Crippen molar-refractivity contribution in [3.63, 3.8) is 0 Å². The largest absolute Gasteiger partial charge is 0.462 e. The number of piperidine rings is 1. The zero-order chi connectivity index (χ0) is 19.3. The third kappa shape index (κ3) is 4.62. The molecule has 2 heterocycles. The van der Waals surface area contributed by atoms with Crippen LogP contribution >= 0.6 is 11.3 Å². The molecule has 1 aliphatic rings. The van der Waals surface area contributed by atoms with E-state index < -0.39 is 5.97 Å². The third-order valence-electron chi connectivity index (χ3n) is 4.60. The summed E-state index contributed by atoms with van der Waals surface area (Å²) in [7, 11) is 1.53. The molecule has 1 aromatic heterocycles. The smallest absolute Gasteiger partial charge is 0.341 e. The molecule has 2 N–H and O–H groups in total. The minimum absolute atomic E-state index is 0.186. The first-order chi connectivity index (χ1) is 12.4. The normalized spacial score (nSPS) is 17.6. The van der Waals surface area contributed by atoms with Crippen LogP contribution in [0, 0.1) is 6.92 Å². The van der Waals surface area contributed by atoms with Gasteiger partial charge in [-0.2, -0.15) is 0 Å². The molecule has 0 aliphatic carbocycles. The number of amides is 2. The van der Waals surface area contributed by atoms with Crippen LogP contribution in [0.2, 0.25) is 0 Å². The number of carbonyl (C=O) groups excluding carboxylic acids is 3. The van der Waals surface area contributed by atoms with Crippen molar-refractivity contribution in [3.05, 3.63) is 16.0 Å². The highest BCUT2D eigenvalue weighted by Crippen LogP contribution is 2.33. The first-order valence-corrected chi connectivity index (χ1v) is 9.77. The Labute approximate surface area is 158 Å². The van der Waals surface area contributed by atoms with Crippen molar-refractivity contribution in [2.45, 2.75) is 46.1 Å². The molecular formula is C18H27N3O4S. The lowest BCUT2D eigenvalue weighted by Gasteiger charge is -2.32. The highest BCUT2D eigenvalue weighted by Gasteiger charge is 2.27. The average Bonchev–Trinajstić information content (AvgIpc) is 2.92. The van der Waals surface area contributed by atoms with E-state index in [0.717, 1.165) is 30.7 Å². The van der Waals surface area contributed by atoms with E-state index in [1.165, 1.54) is 13.5 Å². The van der Waals surface area contributed by atoms with E-state index >= 15 is 0 Å². The molecule has 0 saturated carbocycles. The van der Waals surface area contributed by atoms with Crippen LogP contribution in [-0.2, 0) is 9.53 Å². The van der Waals surface area contributed by atoms with Crippen molar-refractivity contribution in [2.75, 3.05) is 32.1 Å². The lowest BCUT2D eigenvalue weighted by molar-refractivity contribution is -0.118. The molecule has 8 heteroatoms. The molecule has 1 fully saturated rings. The zero-order valence-electron chi connectivity index (χ0n) is 15.8. The Hall–Kier alpha value is -1.93. The number of thiophene rings is 1. The number of esters is 1. The Morgan fingerprint density at radius 3 is 2.65 bits per heavy atom. The van der Waals surface area contributed by atoms with Gasteiger partial charge in [0, 0.05) is 13.1 Å². The van der Waals surface area contributed by atoms with E-state index in [-0.39, 0.29) is 30.5 Å². The summed E-state index contributed by atoms with van der Waals surface area (Å²) < 4.78 is 5.10. The summed E-state index contributed by atoms with van der Waals surface area (Å²) >= 11 is 1.10. The van der Waals surface area contributed by atoms with Crippen molar-refractivity contribution < 1.29 is 19.1 Å². The minimum atomic E-state index is -0.530. The van der Waals surface area contributed by atoms with E-state index in [1.54, 1.807) is 13.8 Å². The number of hydrogen-bond acceptors (Lipinski definition) is 6. The Kier molecular flexibility index (Phi) is 7.16. The van der Waals surface area contributed by atoms with Crippen LogP contribution in [0.15, 0.2) is 0 Å². The number of rotatable bonds is 6. The number of nitrogens with zero attached hydrogens (tertiary/aromatic N) is 1. The first kappa shape index (κ1) is 20.4. The van der Waals surface area contributed by atoms with Crippen LogP contribution in [0.4, 0.5) is 5.00 Å². The molecule has 1 atom stereocenters. The Balaban J connectivity index is 2.22. The van der Waals surface area contributed by atoms with Crippen molar-refractivity contribution in [2.24, 2.45) is 0 Å². The minimum Gasteiger partial charge on any atom is -0.462 e. The molecule has 7 nitrogen and oxygen atoms in total. The SMILES string of the molecule is CCOC(=O)c1c(NC(=O)CN2CCCC[C@@H]2C)sc(C(=O)NC)c1C. The van der Waals surface area contributed by atoms with Crippen LogP contribution in [0.25, 0.3) is 0 Å². The van der Waals surface area contributed by atoms with Gasteiger partial charge in [0.25, 0.3) is 5.91 Å². The fourth-order valence-electron chi connectivity index (χ4n) is 3.12. The molecule has 2 amide bonds.